The number of carbonyl (C=O) groups is 5. The highest BCUT2D eigenvalue weighted by Crippen LogP contribution is 2.33. The summed E-state index contributed by atoms with van der Waals surface area (Å²) >= 11 is 5.81. The van der Waals surface area contributed by atoms with Crippen LogP contribution in [0, 0.1) is 5.82 Å². The number of nitrogens with two attached hydrogens (primary N) is 1. The minimum atomic E-state index is -1.87. The maximum absolute atomic E-state index is 15.1. The maximum Gasteiger partial charge on any atom is 0.547 e. The molecule has 216 valence electrons. The Hall–Kier alpha value is -4.41. The number of hydrogen-bond donors (Lipinski definition) is 6. The minimum Gasteiger partial charge on any atom is -0.534 e. The van der Waals surface area contributed by atoms with Crippen molar-refractivity contribution in [2.75, 3.05) is 26.2 Å². The van der Waals surface area contributed by atoms with Crippen molar-refractivity contribution in [2.24, 2.45) is 5.73 Å². The normalized spacial score (nSPS) is 17.5. The van der Waals surface area contributed by atoms with Crippen molar-refractivity contribution in [2.45, 2.75) is 18.4 Å². The van der Waals surface area contributed by atoms with Gasteiger partial charge in [-0.2, -0.15) is 0 Å². The van der Waals surface area contributed by atoms with E-state index in [1.807, 2.05) is 0 Å². The van der Waals surface area contributed by atoms with Crippen LogP contribution < -0.4 is 21.0 Å². The zero-order chi connectivity index (χ0) is 30.0. The van der Waals surface area contributed by atoms with Crippen molar-refractivity contribution >= 4 is 48.4 Å². The van der Waals surface area contributed by atoms with Crippen LogP contribution in [0.15, 0.2) is 30.3 Å². The average molecular weight is 592 g/mol. The van der Waals surface area contributed by atoms with E-state index in [1.54, 1.807) is 0 Å². The van der Waals surface area contributed by atoms with E-state index in [1.165, 1.54) is 18.2 Å². The summed E-state index contributed by atoms with van der Waals surface area (Å²) in [6.07, 6.45) is -0.0983. The number of rotatable bonds is 7. The summed E-state index contributed by atoms with van der Waals surface area (Å²) in [5.41, 5.74) is 5.08. The van der Waals surface area contributed by atoms with Crippen LogP contribution in [0.3, 0.4) is 0 Å². The van der Waals surface area contributed by atoms with E-state index in [0.717, 1.165) is 17.0 Å². The van der Waals surface area contributed by atoms with Gasteiger partial charge in [0.2, 0.25) is 5.91 Å². The fourth-order valence-electron chi connectivity index (χ4n) is 4.48. The first-order valence-electron chi connectivity index (χ1n) is 12.2. The molecule has 2 heterocycles. The first kappa shape index (κ1) is 29.6. The summed E-state index contributed by atoms with van der Waals surface area (Å²) in [5, 5.41) is 33.6. The second-order valence-corrected chi connectivity index (χ2v) is 9.53. The molecule has 17 heteroatoms. The monoisotopic (exact) mass is 591 g/mol. The van der Waals surface area contributed by atoms with E-state index in [0.29, 0.717) is 10.5 Å². The van der Waals surface area contributed by atoms with Gasteiger partial charge < -0.3 is 41.2 Å². The van der Waals surface area contributed by atoms with E-state index >= 15 is 4.39 Å². The van der Waals surface area contributed by atoms with Gasteiger partial charge in [-0.25, -0.2) is 14.0 Å². The molecular formula is C24H24BClFN5O9. The van der Waals surface area contributed by atoms with E-state index in [2.05, 4.69) is 10.6 Å². The van der Waals surface area contributed by atoms with Crippen LogP contribution in [0.25, 0.3) is 0 Å². The second-order valence-electron chi connectivity index (χ2n) is 9.15. The zero-order valence-electron chi connectivity index (χ0n) is 21.2. The molecule has 0 radical (unpaired) electrons. The number of nitrogens with zero attached hydrogens (tertiary/aromatic N) is 2. The Morgan fingerprint density at radius 3 is 2.61 bits per heavy atom. The molecule has 7 N–H and O–H groups in total. The molecule has 2 aromatic carbocycles. The summed E-state index contributed by atoms with van der Waals surface area (Å²) in [7, 11) is -1.73. The molecule has 2 aromatic rings. The van der Waals surface area contributed by atoms with Crippen LogP contribution in [-0.4, -0.2) is 94.0 Å². The molecule has 2 aliphatic rings. The molecule has 1 saturated heterocycles. The van der Waals surface area contributed by atoms with Gasteiger partial charge in [0.05, 0.1) is 11.5 Å². The summed E-state index contributed by atoms with van der Waals surface area (Å²) in [4.78, 5) is 64.7. The van der Waals surface area contributed by atoms with Crippen LogP contribution in [-0.2, 0) is 20.8 Å². The van der Waals surface area contributed by atoms with Gasteiger partial charge in [0.1, 0.15) is 22.6 Å². The SMILES string of the molecule is NCCN1CCN(C(=O)N[C@@H](C(=O)N[C@H]2Cc3cccc(C(=O)O)c3OB2O)c2ccc(O)c(Cl)c2F)C(=O)C1=O. The van der Waals surface area contributed by atoms with Crippen molar-refractivity contribution < 1.29 is 48.3 Å². The van der Waals surface area contributed by atoms with Crippen molar-refractivity contribution in [3.05, 3.63) is 57.9 Å². The van der Waals surface area contributed by atoms with Gasteiger partial charge in [-0.05, 0) is 30.2 Å². The van der Waals surface area contributed by atoms with E-state index in [-0.39, 0.29) is 43.9 Å². The third-order valence-electron chi connectivity index (χ3n) is 6.56. The molecule has 0 saturated carbocycles. The molecule has 0 bridgehead atoms. The molecule has 0 aromatic heterocycles. The molecule has 0 aliphatic carbocycles. The number of carboxylic acid groups (broad SMARTS) is 1. The van der Waals surface area contributed by atoms with Gasteiger partial charge in [-0.1, -0.05) is 23.7 Å². The molecular weight excluding hydrogens is 568 g/mol. The number of nitrogens with one attached hydrogen (secondary N) is 2. The van der Waals surface area contributed by atoms with Crippen molar-refractivity contribution in [3.8, 4) is 11.5 Å². The summed E-state index contributed by atoms with van der Waals surface area (Å²) in [5.74, 6) is -7.71. The van der Waals surface area contributed by atoms with Crippen LogP contribution in [0.2, 0.25) is 5.02 Å². The van der Waals surface area contributed by atoms with Crippen molar-refractivity contribution in [3.63, 3.8) is 0 Å². The Labute approximate surface area is 236 Å². The first-order valence-corrected chi connectivity index (χ1v) is 12.6. The lowest BCUT2D eigenvalue weighted by atomic mass is 9.72. The predicted octanol–water partition coefficient (Wildman–Crippen LogP) is -0.597. The second kappa shape index (κ2) is 12.0. The first-order chi connectivity index (χ1) is 19.4. The molecule has 0 spiro atoms. The number of phenolic OH excluding ortho intramolecular Hbond substituents is 1. The van der Waals surface area contributed by atoms with Gasteiger partial charge in [0.25, 0.3) is 0 Å². The third kappa shape index (κ3) is 5.89. The summed E-state index contributed by atoms with van der Waals surface area (Å²) in [6.45, 7) is -0.0748. The van der Waals surface area contributed by atoms with Crippen molar-refractivity contribution in [1.82, 2.24) is 20.4 Å². The van der Waals surface area contributed by atoms with Gasteiger partial charge >= 0.3 is 30.9 Å². The van der Waals surface area contributed by atoms with Crippen LogP contribution in [0.5, 0.6) is 11.5 Å². The third-order valence-corrected chi connectivity index (χ3v) is 6.92. The lowest BCUT2D eigenvalue weighted by Gasteiger charge is -2.33. The van der Waals surface area contributed by atoms with Gasteiger partial charge in [0.15, 0.2) is 5.82 Å². The van der Waals surface area contributed by atoms with Crippen molar-refractivity contribution in [1.29, 1.82) is 0 Å². The van der Waals surface area contributed by atoms with Crippen LogP contribution >= 0.6 is 11.6 Å². The number of fused-ring (bicyclic) bond motifs is 1. The number of carbonyl (C=O) groups excluding carboxylic acids is 4. The predicted molar refractivity (Wildman–Crippen MR) is 139 cm³/mol. The molecule has 2 atom stereocenters. The zero-order valence-corrected chi connectivity index (χ0v) is 21.9. The number of aromatic carboxylic acids is 1. The summed E-state index contributed by atoms with van der Waals surface area (Å²) in [6, 6.07) is 3.15. The maximum atomic E-state index is 15.1. The minimum absolute atomic E-state index is 0.0190. The van der Waals surface area contributed by atoms with E-state index in [4.69, 9.17) is 22.0 Å². The van der Waals surface area contributed by atoms with Crippen LogP contribution in [0.1, 0.15) is 27.5 Å². The Kier molecular flexibility index (Phi) is 8.65. The molecule has 14 nitrogen and oxygen atoms in total. The number of phenols is 1. The molecule has 41 heavy (non-hydrogen) atoms. The number of hydrogen-bond acceptors (Lipinski definition) is 9. The highest BCUT2D eigenvalue weighted by molar-refractivity contribution is 6.47. The van der Waals surface area contributed by atoms with Gasteiger partial charge in [-0.3, -0.25) is 19.3 Å². The lowest BCUT2D eigenvalue weighted by Crippen LogP contribution is -2.60. The number of aromatic hydroxyl groups is 1. The highest BCUT2D eigenvalue weighted by Gasteiger charge is 2.41. The quantitative estimate of drug-likeness (QED) is 0.178. The molecule has 2 aliphatic heterocycles. The molecule has 0 unspecified atom stereocenters. The number of carboxylic acids is 1. The number of halogens is 2. The Morgan fingerprint density at radius 1 is 1.20 bits per heavy atom. The Bertz CT molecular complexity index is 1430. The average Bonchev–Trinajstić information content (AvgIpc) is 2.93. The van der Waals surface area contributed by atoms with Gasteiger partial charge in [0, 0.05) is 31.7 Å². The lowest BCUT2D eigenvalue weighted by molar-refractivity contribution is -0.153. The number of imide groups is 1. The molecule has 4 rings (SSSR count). The molecule has 1 fully saturated rings. The number of para-hydroxylation sites is 1. The number of benzene rings is 2. The largest absolute Gasteiger partial charge is 0.547 e. The fraction of sp³-hybridized carbons (Fsp3) is 0.292. The van der Waals surface area contributed by atoms with E-state index < -0.39 is 71.0 Å². The van der Waals surface area contributed by atoms with E-state index in [9.17, 15) is 39.2 Å². The Morgan fingerprint density at radius 2 is 1.93 bits per heavy atom. The summed E-state index contributed by atoms with van der Waals surface area (Å²) < 4.78 is 20.5. The topological polar surface area (TPSA) is 212 Å². The highest BCUT2D eigenvalue weighted by atomic mass is 35.5. The smallest absolute Gasteiger partial charge is 0.534 e. The molecule has 5 amide bonds. The Balaban J connectivity index is 1.60. The number of amides is 5. The van der Waals surface area contributed by atoms with Crippen LogP contribution in [0.4, 0.5) is 9.18 Å². The standard InChI is InChI=1S/C24H24BClFN5O9/c26-16-14(33)5-4-12(17(16)27)18(30-24(39)32-9-8-31(7-6-28)21(35)22(32)36)20(34)29-15-10-11-2-1-3-13(23(37)38)19(11)41-25(15)40/h1-5,15,18,33,40H,6-10,28H2,(H,29,34)(H,30,39)(H,37,38)/t15-,18+/m0/s1. The fourth-order valence-corrected chi connectivity index (χ4v) is 4.65. The van der Waals surface area contributed by atoms with Gasteiger partial charge in [-0.15, -0.1) is 0 Å². The number of piperazine rings is 1. The number of urea groups is 1.